The molecule has 92 valence electrons. The molecule has 1 atom stereocenters. The molecule has 4 nitrogen and oxygen atoms in total. The number of hydrogen-bond acceptors (Lipinski definition) is 3. The van der Waals surface area contributed by atoms with E-state index in [1.165, 1.54) is 0 Å². The summed E-state index contributed by atoms with van der Waals surface area (Å²) < 4.78 is 5.63. The van der Waals surface area contributed by atoms with Gasteiger partial charge in [0.05, 0.1) is 5.92 Å². The number of fused-ring (bicyclic) bond motifs is 1. The Morgan fingerprint density at radius 3 is 3.06 bits per heavy atom. The van der Waals surface area contributed by atoms with Crippen LogP contribution in [-0.2, 0) is 11.3 Å². The van der Waals surface area contributed by atoms with Crippen LogP contribution >= 0.6 is 0 Å². The van der Waals surface area contributed by atoms with Gasteiger partial charge in [-0.15, -0.1) is 0 Å². The number of carbonyl (C=O) groups is 1. The lowest BCUT2D eigenvalue weighted by atomic mass is 10.1. The van der Waals surface area contributed by atoms with Crippen molar-refractivity contribution >= 4 is 5.97 Å². The molecule has 0 saturated heterocycles. The quantitative estimate of drug-likeness (QED) is 0.864. The maximum atomic E-state index is 10.8. The minimum atomic E-state index is -0.747. The second-order valence-corrected chi connectivity index (χ2v) is 4.43. The third kappa shape index (κ3) is 2.97. The first kappa shape index (κ1) is 11.9. The van der Waals surface area contributed by atoms with Crippen LogP contribution in [0.25, 0.3) is 0 Å². The van der Waals surface area contributed by atoms with Crippen molar-refractivity contribution in [2.24, 2.45) is 5.92 Å². The number of hydrogen-bond donors (Lipinski definition) is 1. The molecule has 0 bridgehead atoms. The summed E-state index contributed by atoms with van der Waals surface area (Å²) in [6.07, 6.45) is 0. The lowest BCUT2D eigenvalue weighted by Crippen LogP contribution is -2.33. The molecule has 0 radical (unpaired) electrons. The maximum Gasteiger partial charge on any atom is 0.307 e. The van der Waals surface area contributed by atoms with Crippen LogP contribution in [0.5, 0.6) is 5.75 Å². The van der Waals surface area contributed by atoms with Crippen molar-refractivity contribution < 1.29 is 14.6 Å². The van der Waals surface area contributed by atoms with Gasteiger partial charge in [0.25, 0.3) is 0 Å². The van der Waals surface area contributed by atoms with Crippen molar-refractivity contribution in [3.05, 3.63) is 29.8 Å². The zero-order chi connectivity index (χ0) is 12.3. The highest BCUT2D eigenvalue weighted by Gasteiger charge is 2.19. The van der Waals surface area contributed by atoms with E-state index in [4.69, 9.17) is 9.84 Å². The molecule has 1 heterocycles. The monoisotopic (exact) mass is 235 g/mol. The van der Waals surface area contributed by atoms with Crippen molar-refractivity contribution in [2.75, 3.05) is 19.7 Å². The van der Waals surface area contributed by atoms with Gasteiger partial charge in [0.1, 0.15) is 12.4 Å². The molecule has 0 fully saturated rings. The van der Waals surface area contributed by atoms with E-state index in [1.807, 2.05) is 24.3 Å². The molecule has 17 heavy (non-hydrogen) atoms. The topological polar surface area (TPSA) is 49.8 Å². The van der Waals surface area contributed by atoms with E-state index in [0.717, 1.165) is 24.4 Å². The average molecular weight is 235 g/mol. The maximum absolute atomic E-state index is 10.8. The summed E-state index contributed by atoms with van der Waals surface area (Å²) in [4.78, 5) is 13.0. The fourth-order valence-corrected chi connectivity index (χ4v) is 2.00. The Morgan fingerprint density at radius 2 is 2.29 bits per heavy atom. The van der Waals surface area contributed by atoms with Gasteiger partial charge in [-0.25, -0.2) is 0 Å². The third-order valence-corrected chi connectivity index (χ3v) is 2.99. The molecule has 0 aromatic heterocycles. The first-order valence-electron chi connectivity index (χ1n) is 5.82. The van der Waals surface area contributed by atoms with E-state index in [1.54, 1.807) is 6.92 Å². The number of carboxylic acid groups (broad SMARTS) is 1. The van der Waals surface area contributed by atoms with Crippen LogP contribution in [0, 0.1) is 5.92 Å². The molecule has 1 N–H and O–H groups in total. The summed E-state index contributed by atoms with van der Waals surface area (Å²) in [6.45, 7) is 4.44. The van der Waals surface area contributed by atoms with Crippen molar-refractivity contribution in [3.8, 4) is 5.75 Å². The van der Waals surface area contributed by atoms with Gasteiger partial charge in [-0.1, -0.05) is 25.1 Å². The molecule has 0 spiro atoms. The molecule has 0 saturated carbocycles. The molecule has 2 rings (SSSR count). The number of ether oxygens (including phenoxy) is 1. The van der Waals surface area contributed by atoms with Gasteiger partial charge in [-0.2, -0.15) is 0 Å². The smallest absolute Gasteiger partial charge is 0.307 e. The molecule has 1 aliphatic rings. The SMILES string of the molecule is CC(CN1CCOc2ccccc2C1)C(=O)O. The Morgan fingerprint density at radius 1 is 1.53 bits per heavy atom. The van der Waals surface area contributed by atoms with Crippen LogP contribution in [0.2, 0.25) is 0 Å². The number of carboxylic acids is 1. The van der Waals surface area contributed by atoms with E-state index in [2.05, 4.69) is 4.90 Å². The molecule has 1 aliphatic heterocycles. The van der Waals surface area contributed by atoms with Crippen LogP contribution in [-0.4, -0.2) is 35.7 Å². The van der Waals surface area contributed by atoms with E-state index in [-0.39, 0.29) is 5.92 Å². The molecule has 1 aromatic rings. The highest BCUT2D eigenvalue weighted by Crippen LogP contribution is 2.22. The molecule has 0 amide bonds. The first-order chi connectivity index (χ1) is 8.16. The Hall–Kier alpha value is -1.55. The summed E-state index contributed by atoms with van der Waals surface area (Å²) in [5, 5.41) is 8.92. The number of aliphatic carboxylic acids is 1. The Bertz CT molecular complexity index is 405. The number of rotatable bonds is 3. The number of nitrogens with zero attached hydrogens (tertiary/aromatic N) is 1. The fraction of sp³-hybridized carbons (Fsp3) is 0.462. The van der Waals surface area contributed by atoms with Crippen LogP contribution in [0.4, 0.5) is 0 Å². The highest BCUT2D eigenvalue weighted by molar-refractivity contribution is 5.69. The number of para-hydroxylation sites is 1. The van der Waals surface area contributed by atoms with E-state index < -0.39 is 5.97 Å². The predicted octanol–water partition coefficient (Wildman–Crippen LogP) is 1.60. The van der Waals surface area contributed by atoms with Crippen molar-refractivity contribution in [3.63, 3.8) is 0 Å². The van der Waals surface area contributed by atoms with Crippen molar-refractivity contribution in [2.45, 2.75) is 13.5 Å². The second kappa shape index (κ2) is 5.19. The third-order valence-electron chi connectivity index (χ3n) is 2.99. The molecular weight excluding hydrogens is 218 g/mol. The molecule has 1 unspecified atom stereocenters. The first-order valence-corrected chi connectivity index (χ1v) is 5.82. The molecule has 1 aromatic carbocycles. The van der Waals surface area contributed by atoms with E-state index >= 15 is 0 Å². The standard InChI is InChI=1S/C13H17NO3/c1-10(13(15)16)8-14-6-7-17-12-5-3-2-4-11(12)9-14/h2-5,10H,6-9H2,1H3,(H,15,16). The summed E-state index contributed by atoms with van der Waals surface area (Å²) >= 11 is 0. The van der Waals surface area contributed by atoms with Gasteiger partial charge in [0.15, 0.2) is 0 Å². The van der Waals surface area contributed by atoms with Gasteiger partial charge in [0, 0.05) is 25.2 Å². The highest BCUT2D eigenvalue weighted by atomic mass is 16.5. The normalized spacial score (nSPS) is 17.7. The average Bonchev–Trinajstić information content (AvgIpc) is 2.50. The summed E-state index contributed by atoms with van der Waals surface area (Å²) in [5.74, 6) is -0.179. The molecule has 0 aliphatic carbocycles. The van der Waals surface area contributed by atoms with Gasteiger partial charge < -0.3 is 9.84 Å². The van der Waals surface area contributed by atoms with Gasteiger partial charge in [-0.05, 0) is 6.07 Å². The summed E-state index contributed by atoms with van der Waals surface area (Å²) in [6, 6.07) is 7.92. The zero-order valence-corrected chi connectivity index (χ0v) is 9.93. The second-order valence-electron chi connectivity index (χ2n) is 4.43. The minimum absolute atomic E-state index is 0.347. The fourth-order valence-electron chi connectivity index (χ4n) is 2.00. The molecular formula is C13H17NO3. The predicted molar refractivity (Wildman–Crippen MR) is 64.0 cm³/mol. The Balaban J connectivity index is 2.05. The van der Waals surface area contributed by atoms with Gasteiger partial charge >= 0.3 is 5.97 Å². The van der Waals surface area contributed by atoms with Gasteiger partial charge in [-0.3, -0.25) is 9.69 Å². The summed E-state index contributed by atoms with van der Waals surface area (Å²) in [7, 11) is 0. The minimum Gasteiger partial charge on any atom is -0.492 e. The number of benzene rings is 1. The Labute approximate surface area is 101 Å². The zero-order valence-electron chi connectivity index (χ0n) is 9.93. The van der Waals surface area contributed by atoms with E-state index in [9.17, 15) is 4.79 Å². The van der Waals surface area contributed by atoms with Crippen LogP contribution in [0.3, 0.4) is 0 Å². The van der Waals surface area contributed by atoms with Crippen molar-refractivity contribution in [1.82, 2.24) is 4.90 Å². The lowest BCUT2D eigenvalue weighted by Gasteiger charge is -2.21. The van der Waals surface area contributed by atoms with Crippen LogP contribution in [0.15, 0.2) is 24.3 Å². The van der Waals surface area contributed by atoms with Crippen LogP contribution in [0.1, 0.15) is 12.5 Å². The van der Waals surface area contributed by atoms with Crippen LogP contribution < -0.4 is 4.74 Å². The largest absolute Gasteiger partial charge is 0.492 e. The lowest BCUT2D eigenvalue weighted by molar-refractivity contribution is -0.141. The van der Waals surface area contributed by atoms with E-state index in [0.29, 0.717) is 13.2 Å². The van der Waals surface area contributed by atoms with Gasteiger partial charge in [0.2, 0.25) is 0 Å². The Kier molecular flexibility index (Phi) is 3.64. The molecule has 4 heteroatoms. The summed E-state index contributed by atoms with van der Waals surface area (Å²) in [5.41, 5.74) is 1.13. The van der Waals surface area contributed by atoms with Crippen molar-refractivity contribution in [1.29, 1.82) is 0 Å².